The first-order valence-electron chi connectivity index (χ1n) is 15.3. The van der Waals surface area contributed by atoms with Gasteiger partial charge < -0.3 is 15.2 Å². The fourth-order valence-electron chi connectivity index (χ4n) is 4.20. The van der Waals surface area contributed by atoms with Gasteiger partial charge in [-0.05, 0) is 74.5 Å². The number of rotatable bonds is 9. The van der Waals surface area contributed by atoms with Crippen LogP contribution in [0.25, 0.3) is 17.1 Å². The maximum atomic E-state index is 12.2. The van der Waals surface area contributed by atoms with E-state index in [4.69, 9.17) is 80.1 Å². The molecule has 0 spiro atoms. The highest BCUT2D eigenvalue weighted by Crippen LogP contribution is 2.37. The van der Waals surface area contributed by atoms with Crippen LogP contribution in [0.15, 0.2) is 92.9 Å². The summed E-state index contributed by atoms with van der Waals surface area (Å²) >= 11 is 46.8. The van der Waals surface area contributed by atoms with Gasteiger partial charge in [0.1, 0.15) is 11.7 Å². The first kappa shape index (κ1) is 45.7. The molecule has 5 aromatic rings. The molecule has 4 aromatic carbocycles. The Labute approximate surface area is 366 Å². The van der Waals surface area contributed by atoms with Crippen LogP contribution < -0.4 is 5.73 Å². The summed E-state index contributed by atoms with van der Waals surface area (Å²) in [5, 5.41) is 2.70. The number of hydrogen-bond donors (Lipinski definition) is 1. The zero-order valence-electron chi connectivity index (χ0n) is 28.0. The number of ether oxygens (including phenoxy) is 2. The Morgan fingerprint density at radius 3 is 1.81 bits per heavy atom. The number of alkyl halides is 1. The fraction of sp³-hybridized carbons (Fsp3) is 0.139. The molecule has 18 heteroatoms. The second-order valence-corrected chi connectivity index (χ2v) is 15.0. The monoisotopic (exact) mass is 1040 g/mol. The van der Waals surface area contributed by atoms with E-state index < -0.39 is 17.7 Å². The molecule has 9 nitrogen and oxygen atoms in total. The molecule has 0 amide bonds. The Bertz CT molecular complexity index is 2140. The molecular weight excluding hydrogens is 1020 g/mol. The lowest BCUT2D eigenvalue weighted by Gasteiger charge is -2.12. The topological polar surface area (TPSA) is 126 Å². The van der Waals surface area contributed by atoms with Crippen LogP contribution >= 0.6 is 117 Å². The van der Waals surface area contributed by atoms with Crippen LogP contribution in [0.2, 0.25) is 30.1 Å². The van der Waals surface area contributed by atoms with Crippen LogP contribution in [0, 0.1) is 0 Å². The summed E-state index contributed by atoms with van der Waals surface area (Å²) in [5.41, 5.74) is 8.27. The van der Waals surface area contributed by atoms with Crippen LogP contribution in [0.5, 0.6) is 0 Å². The maximum Gasteiger partial charge on any atom is 0.375 e. The van der Waals surface area contributed by atoms with Gasteiger partial charge in [-0.1, -0.05) is 130 Å². The highest BCUT2D eigenvalue weighted by molar-refractivity contribution is 9.10. The lowest BCUT2D eigenvalue weighted by molar-refractivity contribution is -0.152. The van der Waals surface area contributed by atoms with E-state index in [1.54, 1.807) is 85.3 Å². The molecule has 2 N–H and O–H groups in total. The van der Waals surface area contributed by atoms with E-state index >= 15 is 0 Å². The average molecular weight is 1050 g/mol. The smallest absolute Gasteiger partial charge is 0.375 e. The maximum absolute atomic E-state index is 12.2. The van der Waals surface area contributed by atoms with Gasteiger partial charge in [-0.25, -0.2) is 19.6 Å². The number of carbonyl (C=O) groups excluding carboxylic acids is 3. The number of aromatic nitrogens is 2. The van der Waals surface area contributed by atoms with Gasteiger partial charge in [-0.15, -0.1) is 0 Å². The van der Waals surface area contributed by atoms with Gasteiger partial charge in [0.05, 0.1) is 71.2 Å². The first-order chi connectivity index (χ1) is 25.6. The van der Waals surface area contributed by atoms with E-state index in [1.807, 2.05) is 12.1 Å². The molecule has 0 aliphatic rings. The Morgan fingerprint density at radius 1 is 0.759 bits per heavy atom. The SMILES string of the molecule is CCOC(=O)C(=O)CBr.CCOC(=O)c1cn(-c2ccc(Br)cc2Cl)c(-c2c(Cl)cccc2Cl)n1.NC(=Nc1ccc(Br)cc1Cl)c1c(Cl)cccc1Cl. The number of esters is 2. The number of carbonyl (C=O) groups is 3. The molecule has 54 heavy (non-hydrogen) atoms. The second kappa shape index (κ2) is 22.2. The minimum absolute atomic E-state index is 0.0336. The van der Waals surface area contributed by atoms with Crippen LogP contribution in [-0.4, -0.2) is 51.7 Å². The Kier molecular flexibility index (Phi) is 18.8. The third kappa shape index (κ3) is 12.7. The molecule has 0 saturated carbocycles. The number of imidazole rings is 1. The predicted molar refractivity (Wildman–Crippen MR) is 229 cm³/mol. The van der Waals surface area contributed by atoms with Crippen molar-refractivity contribution < 1.29 is 23.9 Å². The number of benzene rings is 4. The molecule has 284 valence electrons. The van der Waals surface area contributed by atoms with Crippen molar-refractivity contribution in [2.45, 2.75) is 13.8 Å². The van der Waals surface area contributed by atoms with Crippen molar-refractivity contribution in [3.63, 3.8) is 0 Å². The third-order valence-electron chi connectivity index (χ3n) is 6.54. The van der Waals surface area contributed by atoms with Gasteiger partial charge in [0.2, 0.25) is 5.78 Å². The molecule has 5 rings (SSSR count). The molecule has 0 unspecified atom stereocenters. The van der Waals surface area contributed by atoms with Crippen molar-refractivity contribution in [3.8, 4) is 17.1 Å². The van der Waals surface area contributed by atoms with E-state index in [1.165, 1.54) is 0 Å². The lowest BCUT2D eigenvalue weighted by atomic mass is 10.2. The minimum Gasteiger partial charge on any atom is -0.461 e. The molecule has 0 radical (unpaired) electrons. The Hall–Kier alpha value is -2.65. The Morgan fingerprint density at radius 2 is 1.30 bits per heavy atom. The van der Waals surface area contributed by atoms with E-state index in [9.17, 15) is 14.4 Å². The van der Waals surface area contributed by atoms with Gasteiger partial charge in [0, 0.05) is 15.1 Å². The van der Waals surface area contributed by atoms with Gasteiger partial charge in [0.15, 0.2) is 5.69 Å². The Balaban J connectivity index is 0.000000245. The first-order valence-corrected chi connectivity index (χ1v) is 20.3. The van der Waals surface area contributed by atoms with E-state index in [0.717, 1.165) is 8.95 Å². The lowest BCUT2D eigenvalue weighted by Crippen LogP contribution is -2.17. The number of amidine groups is 1. The van der Waals surface area contributed by atoms with Crippen molar-refractivity contribution >= 4 is 147 Å². The van der Waals surface area contributed by atoms with Gasteiger partial charge >= 0.3 is 11.9 Å². The molecule has 0 aliphatic carbocycles. The number of Topliss-reactive ketones (excluding diaryl/α,β-unsaturated/α-hetero) is 1. The summed E-state index contributed by atoms with van der Waals surface area (Å²) in [6.45, 7) is 3.87. The van der Waals surface area contributed by atoms with Crippen LogP contribution in [0.1, 0.15) is 29.9 Å². The molecular formula is C36H27Br3Cl6N4O5. The summed E-state index contributed by atoms with van der Waals surface area (Å²) in [6.07, 6.45) is 1.56. The minimum atomic E-state index is -0.769. The van der Waals surface area contributed by atoms with Gasteiger partial charge in [-0.3, -0.25) is 9.36 Å². The van der Waals surface area contributed by atoms with Crippen molar-refractivity contribution in [3.05, 3.63) is 129 Å². The normalized spacial score (nSPS) is 10.8. The quantitative estimate of drug-likeness (QED) is 0.0512. The van der Waals surface area contributed by atoms with Crippen molar-refractivity contribution in [2.24, 2.45) is 10.7 Å². The van der Waals surface area contributed by atoms with Crippen molar-refractivity contribution in [2.75, 3.05) is 18.5 Å². The molecule has 0 bridgehead atoms. The summed E-state index contributed by atoms with van der Waals surface area (Å²) in [7, 11) is 0. The number of hydrogen-bond acceptors (Lipinski definition) is 7. The molecule has 0 aliphatic heterocycles. The van der Waals surface area contributed by atoms with Gasteiger partial charge in [-0.2, -0.15) is 0 Å². The predicted octanol–water partition coefficient (Wildman–Crippen LogP) is 12.4. The number of nitrogens with two attached hydrogens (primary N) is 1. The largest absolute Gasteiger partial charge is 0.461 e. The molecule has 0 fully saturated rings. The number of aliphatic imine (C=N–C) groups is 1. The molecule has 1 aromatic heterocycles. The van der Waals surface area contributed by atoms with Gasteiger partial charge in [0.25, 0.3) is 0 Å². The van der Waals surface area contributed by atoms with Crippen LogP contribution in [0.3, 0.4) is 0 Å². The zero-order chi connectivity index (χ0) is 40.1. The third-order valence-corrected chi connectivity index (χ3v) is 9.90. The summed E-state index contributed by atoms with van der Waals surface area (Å²) < 4.78 is 12.8. The number of ketones is 1. The molecule has 0 atom stereocenters. The molecule has 0 saturated heterocycles. The standard InChI is InChI=1S/C18H12BrCl3N2O2.C13H8BrCl3N2.C5H7BrO3/c1-2-26-18(25)14-9-24(15-7-6-10(19)8-13(15)22)17(23-14)16-11(20)4-3-5-12(16)21;14-7-4-5-11(10(17)6-7)19-13(18)12-8(15)2-1-3-9(12)16;1-2-9-5(8)4(7)3-6/h3-9H,2H2,1H3;1-6H,(H2,18,19);2-3H2,1H3. The molecule has 1 heterocycles. The van der Waals surface area contributed by atoms with Crippen LogP contribution in [0.4, 0.5) is 5.69 Å². The number of halogens is 9. The van der Waals surface area contributed by atoms with Crippen molar-refractivity contribution in [1.29, 1.82) is 0 Å². The van der Waals surface area contributed by atoms with E-state index in [0.29, 0.717) is 58.5 Å². The summed E-state index contributed by atoms with van der Waals surface area (Å²) in [4.78, 5) is 41.6. The number of nitrogens with zero attached hydrogens (tertiary/aromatic N) is 3. The van der Waals surface area contributed by atoms with E-state index in [2.05, 4.69) is 62.5 Å². The fourth-order valence-corrected chi connectivity index (χ4v) is 7.06. The van der Waals surface area contributed by atoms with Crippen LogP contribution in [-0.2, 0) is 19.1 Å². The van der Waals surface area contributed by atoms with Crippen molar-refractivity contribution in [1.82, 2.24) is 9.55 Å². The summed E-state index contributed by atoms with van der Waals surface area (Å²) in [6, 6.07) is 21.0. The highest BCUT2D eigenvalue weighted by Gasteiger charge is 2.22. The summed E-state index contributed by atoms with van der Waals surface area (Å²) in [5.74, 6) is -1.23. The van der Waals surface area contributed by atoms with E-state index in [-0.39, 0.29) is 30.1 Å². The zero-order valence-corrected chi connectivity index (χ0v) is 37.3. The average Bonchev–Trinajstić information content (AvgIpc) is 3.54. The highest BCUT2D eigenvalue weighted by atomic mass is 79.9. The second-order valence-electron chi connectivity index (χ2n) is 10.2.